The molecule has 0 spiro atoms. The summed E-state index contributed by atoms with van der Waals surface area (Å²) in [6.07, 6.45) is 4.48. The number of aryl methyl sites for hydroxylation is 1. The molecule has 28 heavy (non-hydrogen) atoms. The number of rotatable bonds is 5. The Kier molecular flexibility index (Phi) is 9.02. The Balaban J connectivity index is 0.00000280. The van der Waals surface area contributed by atoms with Gasteiger partial charge < -0.3 is 15.5 Å². The molecule has 5 nitrogen and oxygen atoms in total. The van der Waals surface area contributed by atoms with Crippen molar-refractivity contribution in [1.29, 1.82) is 0 Å². The van der Waals surface area contributed by atoms with Crippen molar-refractivity contribution in [2.75, 3.05) is 25.0 Å². The first-order valence-electron chi connectivity index (χ1n) is 9.84. The number of pyridine rings is 1. The SMILES string of the molecule is CN=C(NCc1ccc(N2CCC(C)CC2)nc1)NCc1cccc(C)c1.I. The van der Waals surface area contributed by atoms with E-state index in [4.69, 9.17) is 0 Å². The molecule has 2 N–H and O–H groups in total. The van der Waals surface area contributed by atoms with Crippen molar-refractivity contribution in [3.8, 4) is 0 Å². The number of nitrogens with zero attached hydrogens (tertiary/aromatic N) is 3. The zero-order chi connectivity index (χ0) is 19.1. The average molecular weight is 493 g/mol. The molecule has 0 amide bonds. The predicted octanol–water partition coefficient (Wildman–Crippen LogP) is 4.11. The molecule has 0 aliphatic carbocycles. The predicted molar refractivity (Wildman–Crippen MR) is 128 cm³/mol. The fourth-order valence-electron chi connectivity index (χ4n) is 3.36. The maximum absolute atomic E-state index is 4.66. The van der Waals surface area contributed by atoms with E-state index in [0.29, 0.717) is 6.54 Å². The molecule has 0 unspecified atom stereocenters. The molecular formula is C22H32IN5. The number of aromatic nitrogens is 1. The van der Waals surface area contributed by atoms with Gasteiger partial charge in [0, 0.05) is 39.4 Å². The maximum Gasteiger partial charge on any atom is 0.191 e. The van der Waals surface area contributed by atoms with E-state index in [0.717, 1.165) is 42.9 Å². The molecule has 3 rings (SSSR count). The van der Waals surface area contributed by atoms with E-state index in [-0.39, 0.29) is 24.0 Å². The minimum absolute atomic E-state index is 0. The van der Waals surface area contributed by atoms with Crippen LogP contribution < -0.4 is 15.5 Å². The van der Waals surface area contributed by atoms with Crippen LogP contribution in [0.2, 0.25) is 0 Å². The van der Waals surface area contributed by atoms with Crippen LogP contribution in [0.5, 0.6) is 0 Å². The van der Waals surface area contributed by atoms with Gasteiger partial charge in [-0.25, -0.2) is 4.98 Å². The quantitative estimate of drug-likeness (QED) is 0.374. The summed E-state index contributed by atoms with van der Waals surface area (Å²) in [6.45, 7) is 8.13. The van der Waals surface area contributed by atoms with Crippen LogP contribution in [0.15, 0.2) is 47.6 Å². The number of anilines is 1. The molecule has 0 radical (unpaired) electrons. The fraction of sp³-hybridized carbons (Fsp3) is 0.455. The fourth-order valence-corrected chi connectivity index (χ4v) is 3.36. The van der Waals surface area contributed by atoms with E-state index >= 15 is 0 Å². The summed E-state index contributed by atoms with van der Waals surface area (Å²) in [5.41, 5.74) is 3.68. The van der Waals surface area contributed by atoms with Gasteiger partial charge in [-0.05, 0) is 42.9 Å². The van der Waals surface area contributed by atoms with Gasteiger partial charge in [0.25, 0.3) is 0 Å². The highest BCUT2D eigenvalue weighted by Gasteiger charge is 2.16. The van der Waals surface area contributed by atoms with E-state index < -0.39 is 0 Å². The normalized spacial score (nSPS) is 15.1. The van der Waals surface area contributed by atoms with Crippen molar-refractivity contribution in [2.24, 2.45) is 10.9 Å². The average Bonchev–Trinajstić information content (AvgIpc) is 2.69. The second-order valence-electron chi connectivity index (χ2n) is 7.46. The lowest BCUT2D eigenvalue weighted by Crippen LogP contribution is -2.36. The van der Waals surface area contributed by atoms with Crippen molar-refractivity contribution >= 4 is 35.8 Å². The summed E-state index contributed by atoms with van der Waals surface area (Å²) in [7, 11) is 1.80. The Bertz CT molecular complexity index is 752. The Morgan fingerprint density at radius 3 is 2.43 bits per heavy atom. The lowest BCUT2D eigenvalue weighted by molar-refractivity contribution is 0.436. The molecule has 1 aromatic carbocycles. The van der Waals surface area contributed by atoms with Gasteiger partial charge >= 0.3 is 0 Å². The van der Waals surface area contributed by atoms with Crippen LogP contribution in [0.1, 0.15) is 36.5 Å². The van der Waals surface area contributed by atoms with Gasteiger partial charge in [-0.3, -0.25) is 4.99 Å². The molecule has 1 fully saturated rings. The molecule has 6 heteroatoms. The standard InChI is InChI=1S/C22H31N5.HI/c1-17-9-11-27(12-10-17)21-8-7-20(15-24-21)16-26-22(23-3)25-14-19-6-4-5-18(2)13-19;/h4-8,13,15,17H,9-12,14,16H2,1-3H3,(H2,23,25,26);1H. The van der Waals surface area contributed by atoms with Gasteiger partial charge in [-0.1, -0.05) is 42.8 Å². The Hall–Kier alpha value is -1.83. The van der Waals surface area contributed by atoms with Crippen molar-refractivity contribution in [2.45, 2.75) is 39.8 Å². The third kappa shape index (κ3) is 6.65. The van der Waals surface area contributed by atoms with Crippen molar-refractivity contribution < 1.29 is 0 Å². The minimum atomic E-state index is 0. The Morgan fingerprint density at radius 2 is 1.82 bits per heavy atom. The van der Waals surface area contributed by atoms with E-state index in [1.807, 2.05) is 6.20 Å². The second kappa shape index (κ2) is 11.2. The number of guanidine groups is 1. The molecule has 152 valence electrons. The molecule has 0 saturated carbocycles. The lowest BCUT2D eigenvalue weighted by Gasteiger charge is -2.31. The van der Waals surface area contributed by atoms with Crippen molar-refractivity contribution in [1.82, 2.24) is 15.6 Å². The van der Waals surface area contributed by atoms with Gasteiger partial charge in [-0.15, -0.1) is 24.0 Å². The minimum Gasteiger partial charge on any atom is -0.357 e. The first-order chi connectivity index (χ1) is 13.1. The van der Waals surface area contributed by atoms with Gasteiger partial charge in [0.2, 0.25) is 0 Å². The highest BCUT2D eigenvalue weighted by atomic mass is 127. The molecule has 0 atom stereocenters. The molecular weight excluding hydrogens is 461 g/mol. The number of hydrogen-bond acceptors (Lipinski definition) is 3. The molecule has 1 saturated heterocycles. The Labute approximate surface area is 186 Å². The van der Waals surface area contributed by atoms with E-state index in [1.54, 1.807) is 7.05 Å². The number of nitrogens with one attached hydrogen (secondary N) is 2. The number of hydrogen-bond donors (Lipinski definition) is 2. The summed E-state index contributed by atoms with van der Waals surface area (Å²) in [4.78, 5) is 11.4. The highest BCUT2D eigenvalue weighted by molar-refractivity contribution is 14.0. The number of halogens is 1. The van der Waals surface area contributed by atoms with Crippen LogP contribution in [0, 0.1) is 12.8 Å². The zero-order valence-corrected chi connectivity index (χ0v) is 19.4. The third-order valence-corrected chi connectivity index (χ3v) is 5.14. The van der Waals surface area contributed by atoms with E-state index in [9.17, 15) is 0 Å². The maximum atomic E-state index is 4.66. The van der Waals surface area contributed by atoms with Gasteiger partial charge in [0.1, 0.15) is 5.82 Å². The summed E-state index contributed by atoms with van der Waals surface area (Å²) in [5, 5.41) is 6.72. The first-order valence-corrected chi connectivity index (χ1v) is 9.84. The molecule has 1 aliphatic heterocycles. The van der Waals surface area contributed by atoms with Crippen LogP contribution in [-0.4, -0.2) is 31.1 Å². The summed E-state index contributed by atoms with van der Waals surface area (Å²) >= 11 is 0. The van der Waals surface area contributed by atoms with Gasteiger partial charge in [0.05, 0.1) is 0 Å². The van der Waals surface area contributed by atoms with Crippen LogP contribution in [0.4, 0.5) is 5.82 Å². The number of aliphatic imine (C=N–C) groups is 1. The monoisotopic (exact) mass is 493 g/mol. The molecule has 1 aliphatic rings. The van der Waals surface area contributed by atoms with E-state index in [2.05, 4.69) is 75.8 Å². The molecule has 2 aromatic rings. The second-order valence-corrected chi connectivity index (χ2v) is 7.46. The largest absolute Gasteiger partial charge is 0.357 e. The van der Waals surface area contributed by atoms with Crippen molar-refractivity contribution in [3.05, 3.63) is 59.3 Å². The topological polar surface area (TPSA) is 52.6 Å². The molecule has 0 bridgehead atoms. The van der Waals surface area contributed by atoms with Crippen LogP contribution in [-0.2, 0) is 13.1 Å². The van der Waals surface area contributed by atoms with E-state index in [1.165, 1.54) is 24.0 Å². The lowest BCUT2D eigenvalue weighted by atomic mass is 9.99. The van der Waals surface area contributed by atoms with Gasteiger partial charge in [0.15, 0.2) is 5.96 Å². The van der Waals surface area contributed by atoms with Crippen molar-refractivity contribution in [3.63, 3.8) is 0 Å². The summed E-state index contributed by atoms with van der Waals surface area (Å²) in [6, 6.07) is 12.8. The number of piperidine rings is 1. The van der Waals surface area contributed by atoms with Crippen LogP contribution >= 0.6 is 24.0 Å². The Morgan fingerprint density at radius 1 is 1.11 bits per heavy atom. The third-order valence-electron chi connectivity index (χ3n) is 5.14. The molecule has 1 aromatic heterocycles. The first kappa shape index (κ1) is 22.5. The summed E-state index contributed by atoms with van der Waals surface area (Å²) < 4.78 is 0. The molecule has 2 heterocycles. The smallest absolute Gasteiger partial charge is 0.191 e. The number of benzene rings is 1. The summed E-state index contributed by atoms with van der Waals surface area (Å²) in [5.74, 6) is 2.72. The van der Waals surface area contributed by atoms with Gasteiger partial charge in [-0.2, -0.15) is 0 Å². The van der Waals surface area contributed by atoms with Crippen LogP contribution in [0.25, 0.3) is 0 Å². The zero-order valence-electron chi connectivity index (χ0n) is 17.1. The highest BCUT2D eigenvalue weighted by Crippen LogP contribution is 2.21. The van der Waals surface area contributed by atoms with Crippen LogP contribution in [0.3, 0.4) is 0 Å².